The van der Waals surface area contributed by atoms with Crippen LogP contribution in [0.4, 0.5) is 0 Å². The minimum absolute atomic E-state index is 0.243. The lowest BCUT2D eigenvalue weighted by Gasteiger charge is -2.22. The molecule has 3 heteroatoms. The van der Waals surface area contributed by atoms with Crippen molar-refractivity contribution in [3.05, 3.63) is 0 Å². The van der Waals surface area contributed by atoms with Gasteiger partial charge in [-0.2, -0.15) is 0 Å². The molecule has 0 bridgehead atoms. The van der Waals surface area contributed by atoms with Crippen molar-refractivity contribution in [2.75, 3.05) is 13.1 Å². The fourth-order valence-corrected chi connectivity index (χ4v) is 2.07. The molecule has 0 spiro atoms. The predicted octanol–water partition coefficient (Wildman–Crippen LogP) is 1.44. The first-order valence-electron chi connectivity index (χ1n) is 4.97. The van der Waals surface area contributed by atoms with Crippen LogP contribution in [-0.2, 0) is 4.79 Å². The maximum Gasteiger partial charge on any atom is 0.307 e. The maximum atomic E-state index is 10.6. The number of hydrogen-bond donors (Lipinski definition) is 1. The van der Waals surface area contributed by atoms with Gasteiger partial charge < -0.3 is 5.11 Å². The van der Waals surface area contributed by atoms with Gasteiger partial charge in [0.05, 0.1) is 5.92 Å². The second-order valence-electron chi connectivity index (χ2n) is 4.38. The van der Waals surface area contributed by atoms with Crippen LogP contribution in [0.15, 0.2) is 0 Å². The highest BCUT2D eigenvalue weighted by molar-refractivity contribution is 5.69. The summed E-state index contributed by atoms with van der Waals surface area (Å²) in [6, 6.07) is 0.553. The molecule has 1 saturated heterocycles. The molecule has 76 valence electrons. The minimum Gasteiger partial charge on any atom is -0.481 e. The zero-order chi connectivity index (χ0) is 10.0. The van der Waals surface area contributed by atoms with Crippen LogP contribution in [0.2, 0.25) is 0 Å². The van der Waals surface area contributed by atoms with Gasteiger partial charge >= 0.3 is 5.97 Å². The third kappa shape index (κ3) is 2.69. The van der Waals surface area contributed by atoms with Gasteiger partial charge in [0.25, 0.3) is 0 Å². The first kappa shape index (κ1) is 10.5. The van der Waals surface area contributed by atoms with E-state index in [0.29, 0.717) is 12.6 Å². The number of carboxylic acid groups (broad SMARTS) is 1. The van der Waals surface area contributed by atoms with Gasteiger partial charge in [0.1, 0.15) is 0 Å². The van der Waals surface area contributed by atoms with Crippen LogP contribution in [0.5, 0.6) is 0 Å². The van der Waals surface area contributed by atoms with Crippen LogP contribution in [0.1, 0.15) is 27.2 Å². The van der Waals surface area contributed by atoms with Gasteiger partial charge in [-0.15, -0.1) is 0 Å². The third-order valence-corrected chi connectivity index (χ3v) is 2.84. The van der Waals surface area contributed by atoms with Gasteiger partial charge in [-0.05, 0) is 19.3 Å². The summed E-state index contributed by atoms with van der Waals surface area (Å²) in [5.74, 6) is -0.213. The molecule has 13 heavy (non-hydrogen) atoms. The summed E-state index contributed by atoms with van der Waals surface area (Å²) < 4.78 is 0. The Morgan fingerprint density at radius 1 is 1.62 bits per heavy atom. The van der Waals surface area contributed by atoms with Crippen molar-refractivity contribution in [1.82, 2.24) is 4.90 Å². The molecule has 3 nitrogen and oxygen atoms in total. The highest BCUT2D eigenvalue weighted by atomic mass is 16.4. The van der Waals surface area contributed by atoms with E-state index in [1.54, 1.807) is 6.92 Å². The lowest BCUT2D eigenvalue weighted by molar-refractivity contribution is -0.141. The van der Waals surface area contributed by atoms with E-state index in [9.17, 15) is 4.79 Å². The summed E-state index contributed by atoms with van der Waals surface area (Å²) in [4.78, 5) is 12.9. The summed E-state index contributed by atoms with van der Waals surface area (Å²) >= 11 is 0. The largest absolute Gasteiger partial charge is 0.481 e. The standard InChI is InChI=1S/C10H19NO2/c1-7-4-9(3)11(5-7)6-8(2)10(12)13/h7-9H,4-6H2,1-3H3,(H,12,13). The van der Waals surface area contributed by atoms with E-state index in [1.807, 2.05) is 0 Å². The maximum absolute atomic E-state index is 10.6. The first-order valence-corrected chi connectivity index (χ1v) is 4.97. The molecule has 0 aromatic rings. The Hall–Kier alpha value is -0.570. The van der Waals surface area contributed by atoms with Crippen LogP contribution < -0.4 is 0 Å². The number of carboxylic acids is 1. The number of hydrogen-bond acceptors (Lipinski definition) is 2. The molecule has 1 heterocycles. The van der Waals surface area contributed by atoms with Crippen molar-refractivity contribution in [3.8, 4) is 0 Å². The fraction of sp³-hybridized carbons (Fsp3) is 0.900. The Morgan fingerprint density at radius 2 is 2.23 bits per heavy atom. The van der Waals surface area contributed by atoms with Crippen LogP contribution in [0, 0.1) is 11.8 Å². The Bertz CT molecular complexity index is 193. The number of rotatable bonds is 3. The molecule has 1 N–H and O–H groups in total. The molecule has 1 rings (SSSR count). The van der Waals surface area contributed by atoms with Crippen molar-refractivity contribution in [3.63, 3.8) is 0 Å². The van der Waals surface area contributed by atoms with Gasteiger partial charge in [-0.3, -0.25) is 9.69 Å². The molecule has 3 atom stereocenters. The van der Waals surface area contributed by atoms with Gasteiger partial charge in [0.15, 0.2) is 0 Å². The summed E-state index contributed by atoms with van der Waals surface area (Å²) in [6.45, 7) is 7.93. The van der Waals surface area contributed by atoms with Crippen LogP contribution in [0.3, 0.4) is 0 Å². The van der Waals surface area contributed by atoms with Crippen molar-refractivity contribution in [1.29, 1.82) is 0 Å². The number of likely N-dealkylation sites (tertiary alicyclic amines) is 1. The van der Waals surface area contributed by atoms with Gasteiger partial charge in [0.2, 0.25) is 0 Å². The molecular weight excluding hydrogens is 166 g/mol. The van der Waals surface area contributed by atoms with Crippen LogP contribution in [-0.4, -0.2) is 35.1 Å². The lowest BCUT2D eigenvalue weighted by atomic mass is 10.1. The molecule has 0 aliphatic carbocycles. The van der Waals surface area contributed by atoms with Gasteiger partial charge in [-0.1, -0.05) is 13.8 Å². The van der Waals surface area contributed by atoms with E-state index in [4.69, 9.17) is 5.11 Å². The molecule has 0 aromatic heterocycles. The van der Waals surface area contributed by atoms with E-state index in [-0.39, 0.29) is 5.92 Å². The normalized spacial score (nSPS) is 31.9. The molecule has 1 aliphatic heterocycles. The monoisotopic (exact) mass is 185 g/mol. The molecule has 3 unspecified atom stereocenters. The second-order valence-corrected chi connectivity index (χ2v) is 4.38. The minimum atomic E-state index is -0.688. The van der Waals surface area contributed by atoms with Crippen molar-refractivity contribution in [2.45, 2.75) is 33.2 Å². The summed E-state index contributed by atoms with van der Waals surface area (Å²) in [5.41, 5.74) is 0. The second kappa shape index (κ2) is 4.09. The van der Waals surface area contributed by atoms with Crippen LogP contribution >= 0.6 is 0 Å². The van der Waals surface area contributed by atoms with Gasteiger partial charge in [0, 0.05) is 19.1 Å². The summed E-state index contributed by atoms with van der Waals surface area (Å²) in [5, 5.41) is 8.77. The van der Waals surface area contributed by atoms with E-state index < -0.39 is 5.97 Å². The highest BCUT2D eigenvalue weighted by Gasteiger charge is 2.28. The van der Waals surface area contributed by atoms with Crippen molar-refractivity contribution in [2.24, 2.45) is 11.8 Å². The summed E-state index contributed by atoms with van der Waals surface area (Å²) in [7, 11) is 0. The smallest absolute Gasteiger partial charge is 0.307 e. The van der Waals surface area contributed by atoms with E-state index in [1.165, 1.54) is 6.42 Å². The molecule has 0 aromatic carbocycles. The van der Waals surface area contributed by atoms with E-state index >= 15 is 0 Å². The Morgan fingerprint density at radius 3 is 2.62 bits per heavy atom. The van der Waals surface area contributed by atoms with Crippen molar-refractivity contribution < 1.29 is 9.90 Å². The van der Waals surface area contributed by atoms with Gasteiger partial charge in [-0.25, -0.2) is 0 Å². The lowest BCUT2D eigenvalue weighted by Crippen LogP contribution is -2.34. The molecule has 1 fully saturated rings. The number of nitrogens with zero attached hydrogens (tertiary/aromatic N) is 1. The zero-order valence-corrected chi connectivity index (χ0v) is 8.66. The average Bonchev–Trinajstić information content (AvgIpc) is 2.30. The Kier molecular flexibility index (Phi) is 3.31. The van der Waals surface area contributed by atoms with Crippen LogP contribution in [0.25, 0.3) is 0 Å². The first-order chi connectivity index (χ1) is 6.00. The quantitative estimate of drug-likeness (QED) is 0.723. The zero-order valence-electron chi connectivity index (χ0n) is 8.66. The SMILES string of the molecule is CC1CC(C)N(CC(C)C(=O)O)C1. The number of aliphatic carboxylic acids is 1. The highest BCUT2D eigenvalue weighted by Crippen LogP contribution is 2.22. The topological polar surface area (TPSA) is 40.5 Å². The van der Waals surface area contributed by atoms with E-state index in [0.717, 1.165) is 12.5 Å². The third-order valence-electron chi connectivity index (χ3n) is 2.84. The Labute approximate surface area is 79.7 Å². The molecule has 0 radical (unpaired) electrons. The summed E-state index contributed by atoms with van der Waals surface area (Å²) in [6.07, 6.45) is 1.20. The fourth-order valence-electron chi connectivity index (χ4n) is 2.07. The molecule has 0 saturated carbocycles. The van der Waals surface area contributed by atoms with Crippen molar-refractivity contribution >= 4 is 5.97 Å². The number of carbonyl (C=O) groups is 1. The van der Waals surface area contributed by atoms with E-state index in [2.05, 4.69) is 18.7 Å². The predicted molar refractivity (Wildman–Crippen MR) is 51.6 cm³/mol. The molecular formula is C10H19NO2. The Balaban J connectivity index is 2.41. The average molecular weight is 185 g/mol. The molecule has 0 amide bonds. The molecule has 1 aliphatic rings.